The van der Waals surface area contributed by atoms with Gasteiger partial charge in [0, 0.05) is 0 Å². The molecule has 1 aromatic rings. The van der Waals surface area contributed by atoms with Gasteiger partial charge in [-0.25, -0.2) is 4.79 Å². The Balaban J connectivity index is 2.13. The number of carbonyl (C=O) groups is 1. The molecular weight excluding hydrogens is 192 g/mol. The second kappa shape index (κ2) is 3.27. The zero-order valence-electron chi connectivity index (χ0n) is 6.71. The number of rotatable bonds is 2. The predicted octanol–water partition coefficient (Wildman–Crippen LogP) is -0.0524. The van der Waals surface area contributed by atoms with Crippen LogP contribution < -0.4 is 5.73 Å². The molecule has 1 atom stereocenters. The molecule has 2 rings (SSSR count). The van der Waals surface area contributed by atoms with Crippen LogP contribution in [-0.2, 0) is 4.74 Å². The normalized spacial score (nSPS) is 18.8. The Kier molecular flexibility index (Phi) is 2.11. The van der Waals surface area contributed by atoms with Crippen LogP contribution in [0.2, 0.25) is 0 Å². The van der Waals surface area contributed by atoms with Gasteiger partial charge in [-0.1, -0.05) is 0 Å². The van der Waals surface area contributed by atoms with Gasteiger partial charge in [0.05, 0.1) is 24.5 Å². The van der Waals surface area contributed by atoms with E-state index >= 15 is 0 Å². The molecule has 2 N–H and O–H groups in total. The molecule has 0 radical (unpaired) electrons. The minimum Gasteiger partial charge on any atom is -0.447 e. The first-order valence-corrected chi connectivity index (χ1v) is 4.48. The average molecular weight is 200 g/mol. The van der Waals surface area contributed by atoms with Crippen molar-refractivity contribution < 1.29 is 9.53 Å². The lowest BCUT2D eigenvalue weighted by molar-refractivity contribution is 0.148. The number of ether oxygens (including phenoxy) is 1. The second-order valence-corrected chi connectivity index (χ2v) is 3.14. The molecule has 2 heterocycles. The molecular formula is C6H8N4O2S. The van der Waals surface area contributed by atoms with Gasteiger partial charge in [0.15, 0.2) is 0 Å². The molecule has 1 aromatic heterocycles. The van der Waals surface area contributed by atoms with E-state index in [0.29, 0.717) is 18.8 Å². The average Bonchev–Trinajstić information content (AvgIpc) is 2.72. The van der Waals surface area contributed by atoms with E-state index < -0.39 is 6.17 Å². The summed E-state index contributed by atoms with van der Waals surface area (Å²) in [5.41, 5.74) is 6.37. The summed E-state index contributed by atoms with van der Waals surface area (Å²) in [6.45, 7) is 0.904. The lowest BCUT2D eigenvalue weighted by Gasteiger charge is -2.18. The third-order valence-corrected chi connectivity index (χ3v) is 2.30. The summed E-state index contributed by atoms with van der Waals surface area (Å²) in [7, 11) is 0. The van der Waals surface area contributed by atoms with E-state index in [1.165, 1.54) is 4.90 Å². The largest absolute Gasteiger partial charge is 0.447 e. The van der Waals surface area contributed by atoms with Crippen molar-refractivity contribution in [1.82, 2.24) is 13.6 Å². The Morgan fingerprint density at radius 1 is 1.77 bits per heavy atom. The highest BCUT2D eigenvalue weighted by Gasteiger charge is 2.29. The first kappa shape index (κ1) is 8.39. The van der Waals surface area contributed by atoms with Crippen LogP contribution in [0.4, 0.5) is 4.79 Å². The number of amides is 1. The third kappa shape index (κ3) is 1.47. The first-order chi connectivity index (χ1) is 6.29. The van der Waals surface area contributed by atoms with Crippen molar-refractivity contribution in [3.63, 3.8) is 0 Å². The van der Waals surface area contributed by atoms with Gasteiger partial charge in [-0.15, -0.1) is 0 Å². The van der Waals surface area contributed by atoms with Crippen LogP contribution in [0, 0.1) is 0 Å². The fourth-order valence-corrected chi connectivity index (χ4v) is 1.57. The summed E-state index contributed by atoms with van der Waals surface area (Å²) in [5.74, 6) is 0. The van der Waals surface area contributed by atoms with Gasteiger partial charge in [0.25, 0.3) is 0 Å². The second-order valence-electron chi connectivity index (χ2n) is 2.58. The summed E-state index contributed by atoms with van der Waals surface area (Å²) in [4.78, 5) is 12.5. The molecule has 0 aliphatic carbocycles. The number of hydrogen-bond acceptors (Lipinski definition) is 6. The Bertz CT molecular complexity index is 302. The summed E-state index contributed by atoms with van der Waals surface area (Å²) < 4.78 is 12.5. The Morgan fingerprint density at radius 2 is 2.62 bits per heavy atom. The molecule has 1 aliphatic rings. The van der Waals surface area contributed by atoms with Gasteiger partial charge in [0.2, 0.25) is 0 Å². The monoisotopic (exact) mass is 200 g/mol. The van der Waals surface area contributed by atoms with Crippen molar-refractivity contribution in [1.29, 1.82) is 0 Å². The first-order valence-electron chi connectivity index (χ1n) is 3.75. The maximum atomic E-state index is 11.1. The summed E-state index contributed by atoms with van der Waals surface area (Å²) >= 11 is 1.07. The van der Waals surface area contributed by atoms with Gasteiger partial charge >= 0.3 is 6.09 Å². The maximum absolute atomic E-state index is 11.1. The van der Waals surface area contributed by atoms with Crippen LogP contribution in [0.5, 0.6) is 0 Å². The molecule has 0 bridgehead atoms. The number of nitrogens with two attached hydrogens (primary N) is 1. The molecule has 70 valence electrons. The van der Waals surface area contributed by atoms with Crippen molar-refractivity contribution in [3.8, 4) is 0 Å². The van der Waals surface area contributed by atoms with E-state index in [1.54, 1.807) is 6.20 Å². The van der Waals surface area contributed by atoms with Gasteiger partial charge in [-0.3, -0.25) is 4.90 Å². The van der Waals surface area contributed by atoms with Crippen LogP contribution >= 0.6 is 11.7 Å². The molecule has 1 aliphatic heterocycles. The number of carbonyl (C=O) groups excluding carboxylic acids is 1. The molecule has 1 unspecified atom stereocenters. The summed E-state index contributed by atoms with van der Waals surface area (Å²) in [6, 6.07) is 0. The van der Waals surface area contributed by atoms with Crippen molar-refractivity contribution in [2.45, 2.75) is 6.17 Å². The highest BCUT2D eigenvalue weighted by atomic mass is 32.1. The number of nitrogens with zero attached hydrogens (tertiary/aromatic N) is 3. The molecule has 0 saturated carbocycles. The van der Waals surface area contributed by atoms with Gasteiger partial charge in [0.1, 0.15) is 18.5 Å². The van der Waals surface area contributed by atoms with Gasteiger partial charge in [-0.2, -0.15) is 8.75 Å². The molecule has 1 fully saturated rings. The fourth-order valence-electron chi connectivity index (χ4n) is 1.12. The standard InChI is InChI=1S/C6H8N4O2S/c7-5(4-3-8-13-9-4)10-1-2-12-6(10)11/h3,5H,1-2,7H2. The number of aromatic nitrogens is 2. The lowest BCUT2D eigenvalue weighted by atomic mass is 10.3. The van der Waals surface area contributed by atoms with Gasteiger partial charge < -0.3 is 10.5 Å². The molecule has 0 spiro atoms. The van der Waals surface area contributed by atoms with E-state index in [9.17, 15) is 4.79 Å². The highest BCUT2D eigenvalue weighted by molar-refractivity contribution is 6.99. The minimum atomic E-state index is -0.534. The Morgan fingerprint density at radius 3 is 3.15 bits per heavy atom. The molecule has 1 amide bonds. The van der Waals surface area contributed by atoms with Crippen LogP contribution in [0.15, 0.2) is 6.20 Å². The number of cyclic esters (lactones) is 1. The van der Waals surface area contributed by atoms with Crippen molar-refractivity contribution >= 4 is 17.8 Å². The van der Waals surface area contributed by atoms with Crippen LogP contribution in [-0.4, -0.2) is 32.9 Å². The zero-order valence-corrected chi connectivity index (χ0v) is 7.53. The van der Waals surface area contributed by atoms with E-state index in [1.807, 2.05) is 0 Å². The predicted molar refractivity (Wildman–Crippen MR) is 44.9 cm³/mol. The molecule has 6 nitrogen and oxygen atoms in total. The molecule has 7 heteroatoms. The van der Waals surface area contributed by atoms with Gasteiger partial charge in [-0.05, 0) is 0 Å². The molecule has 13 heavy (non-hydrogen) atoms. The van der Waals surface area contributed by atoms with E-state index in [-0.39, 0.29) is 6.09 Å². The third-order valence-electron chi connectivity index (χ3n) is 1.81. The van der Waals surface area contributed by atoms with Crippen LogP contribution in [0.3, 0.4) is 0 Å². The topological polar surface area (TPSA) is 81.3 Å². The maximum Gasteiger partial charge on any atom is 0.411 e. The van der Waals surface area contributed by atoms with E-state index in [4.69, 9.17) is 10.5 Å². The van der Waals surface area contributed by atoms with Crippen molar-refractivity contribution in [2.24, 2.45) is 5.73 Å². The van der Waals surface area contributed by atoms with E-state index in [0.717, 1.165) is 11.7 Å². The smallest absolute Gasteiger partial charge is 0.411 e. The Labute approximate surface area is 78.6 Å². The summed E-state index contributed by atoms with van der Waals surface area (Å²) in [6.07, 6.45) is 0.634. The quantitative estimate of drug-likeness (QED) is 0.723. The highest BCUT2D eigenvalue weighted by Crippen LogP contribution is 2.17. The van der Waals surface area contributed by atoms with Crippen LogP contribution in [0.1, 0.15) is 11.9 Å². The molecule has 0 aromatic carbocycles. The van der Waals surface area contributed by atoms with Crippen molar-refractivity contribution in [2.75, 3.05) is 13.2 Å². The number of hydrogen-bond donors (Lipinski definition) is 1. The SMILES string of the molecule is NC(c1cnsn1)N1CCOC1=O. The zero-order chi connectivity index (χ0) is 9.26. The van der Waals surface area contributed by atoms with Crippen LogP contribution in [0.25, 0.3) is 0 Å². The lowest BCUT2D eigenvalue weighted by Crippen LogP contribution is -2.35. The van der Waals surface area contributed by atoms with Crippen molar-refractivity contribution in [3.05, 3.63) is 11.9 Å². The molecule has 1 saturated heterocycles. The summed E-state index contributed by atoms with van der Waals surface area (Å²) in [5, 5.41) is 0. The fraction of sp³-hybridized carbons (Fsp3) is 0.500. The minimum absolute atomic E-state index is 0.388. The Hall–Kier alpha value is -1.21. The van der Waals surface area contributed by atoms with E-state index in [2.05, 4.69) is 8.75 Å².